The monoisotopic (exact) mass is 276 g/mol. The highest BCUT2D eigenvalue weighted by atomic mass is 16.2. The Morgan fingerprint density at radius 2 is 1.85 bits per heavy atom. The van der Waals surface area contributed by atoms with Crippen LogP contribution in [0.5, 0.6) is 0 Å². The van der Waals surface area contributed by atoms with E-state index in [2.05, 4.69) is 27.1 Å². The topological polar surface area (TPSA) is 48.5 Å². The molecule has 0 bridgehead atoms. The van der Waals surface area contributed by atoms with E-state index in [1.165, 1.54) is 0 Å². The minimum absolute atomic E-state index is 0.0163. The van der Waals surface area contributed by atoms with Crippen LogP contribution >= 0.6 is 0 Å². The van der Waals surface area contributed by atoms with Crippen molar-refractivity contribution in [3.05, 3.63) is 18.3 Å². The van der Waals surface area contributed by atoms with Crippen molar-refractivity contribution in [1.29, 1.82) is 0 Å². The molecule has 1 aliphatic heterocycles. The first-order chi connectivity index (χ1) is 9.36. The first-order valence-corrected chi connectivity index (χ1v) is 7.07. The molecular formula is C15H24N4O. The summed E-state index contributed by atoms with van der Waals surface area (Å²) in [6.07, 6.45) is 1.84. The van der Waals surface area contributed by atoms with Crippen molar-refractivity contribution in [3.63, 3.8) is 0 Å². The fourth-order valence-electron chi connectivity index (χ4n) is 2.02. The van der Waals surface area contributed by atoms with Crippen LogP contribution in [0.25, 0.3) is 0 Å². The number of aromatic nitrogens is 1. The Bertz CT molecular complexity index is 456. The molecule has 0 aromatic carbocycles. The molecule has 0 aliphatic carbocycles. The lowest BCUT2D eigenvalue weighted by atomic mass is 9.96. The standard InChI is InChI=1S/C15H24N4O/c1-15(2,3)14(20)17-13-6-5-12(11-16-13)19-9-7-18(4)8-10-19/h5-6,11H,7-10H2,1-4H3,(H,16,17,20). The molecule has 20 heavy (non-hydrogen) atoms. The van der Waals surface area contributed by atoms with Crippen LogP contribution in [0.3, 0.4) is 0 Å². The highest BCUT2D eigenvalue weighted by Crippen LogP contribution is 2.19. The van der Waals surface area contributed by atoms with E-state index in [4.69, 9.17) is 0 Å². The summed E-state index contributed by atoms with van der Waals surface area (Å²) >= 11 is 0. The second kappa shape index (κ2) is 5.79. The number of anilines is 2. The summed E-state index contributed by atoms with van der Waals surface area (Å²) < 4.78 is 0. The van der Waals surface area contributed by atoms with Crippen molar-refractivity contribution in [1.82, 2.24) is 9.88 Å². The minimum Gasteiger partial charge on any atom is -0.368 e. The molecule has 0 radical (unpaired) electrons. The largest absolute Gasteiger partial charge is 0.368 e. The molecular weight excluding hydrogens is 252 g/mol. The lowest BCUT2D eigenvalue weighted by Gasteiger charge is -2.33. The van der Waals surface area contributed by atoms with Gasteiger partial charge >= 0.3 is 0 Å². The van der Waals surface area contributed by atoms with E-state index in [0.29, 0.717) is 5.82 Å². The number of carbonyl (C=O) groups excluding carboxylic acids is 1. The number of likely N-dealkylation sites (N-methyl/N-ethyl adjacent to an activating group) is 1. The summed E-state index contributed by atoms with van der Waals surface area (Å²) in [5.74, 6) is 0.597. The van der Waals surface area contributed by atoms with Gasteiger partial charge in [0.25, 0.3) is 0 Å². The molecule has 1 fully saturated rings. The predicted octanol–water partition coefficient (Wildman–Crippen LogP) is 1.82. The fraction of sp³-hybridized carbons (Fsp3) is 0.600. The van der Waals surface area contributed by atoms with Gasteiger partial charge in [0, 0.05) is 31.6 Å². The number of hydrogen-bond acceptors (Lipinski definition) is 4. The number of nitrogens with zero attached hydrogens (tertiary/aromatic N) is 3. The Hall–Kier alpha value is -1.62. The number of nitrogens with one attached hydrogen (secondary N) is 1. The predicted molar refractivity (Wildman–Crippen MR) is 82.0 cm³/mol. The van der Waals surface area contributed by atoms with E-state index in [1.54, 1.807) is 0 Å². The van der Waals surface area contributed by atoms with Crippen LogP contribution in [0.4, 0.5) is 11.5 Å². The van der Waals surface area contributed by atoms with Crippen molar-refractivity contribution in [2.45, 2.75) is 20.8 Å². The summed E-state index contributed by atoms with van der Waals surface area (Å²) in [6, 6.07) is 3.90. The van der Waals surface area contributed by atoms with Crippen molar-refractivity contribution in [2.75, 3.05) is 43.4 Å². The third-order valence-corrected chi connectivity index (χ3v) is 3.54. The Balaban J connectivity index is 1.98. The summed E-state index contributed by atoms with van der Waals surface area (Å²) in [5, 5.41) is 2.84. The number of hydrogen-bond donors (Lipinski definition) is 1. The van der Waals surface area contributed by atoms with E-state index < -0.39 is 5.41 Å². The van der Waals surface area contributed by atoms with Crippen molar-refractivity contribution < 1.29 is 4.79 Å². The molecule has 110 valence electrons. The van der Waals surface area contributed by atoms with Gasteiger partial charge in [-0.05, 0) is 19.2 Å². The van der Waals surface area contributed by atoms with Crippen molar-refractivity contribution in [3.8, 4) is 0 Å². The van der Waals surface area contributed by atoms with Crippen LogP contribution in [0, 0.1) is 5.41 Å². The second-order valence-corrected chi connectivity index (χ2v) is 6.40. The average molecular weight is 276 g/mol. The molecule has 1 saturated heterocycles. The fourth-order valence-corrected chi connectivity index (χ4v) is 2.02. The van der Waals surface area contributed by atoms with Gasteiger partial charge in [-0.2, -0.15) is 0 Å². The van der Waals surface area contributed by atoms with Gasteiger partial charge in [-0.1, -0.05) is 20.8 Å². The summed E-state index contributed by atoms with van der Waals surface area (Å²) in [7, 11) is 2.14. The first-order valence-electron chi connectivity index (χ1n) is 7.07. The molecule has 5 heteroatoms. The Kier molecular flexibility index (Phi) is 4.28. The quantitative estimate of drug-likeness (QED) is 0.895. The van der Waals surface area contributed by atoms with Crippen LogP contribution in [-0.2, 0) is 4.79 Å². The van der Waals surface area contributed by atoms with E-state index >= 15 is 0 Å². The van der Waals surface area contributed by atoms with Gasteiger partial charge in [0.15, 0.2) is 0 Å². The molecule has 0 saturated carbocycles. The molecule has 1 N–H and O–H groups in total. The molecule has 5 nitrogen and oxygen atoms in total. The summed E-state index contributed by atoms with van der Waals surface area (Å²) in [5.41, 5.74) is 0.713. The van der Waals surface area contributed by atoms with Gasteiger partial charge in [-0.3, -0.25) is 4.79 Å². The number of carbonyl (C=O) groups is 1. The number of amides is 1. The lowest BCUT2D eigenvalue weighted by Crippen LogP contribution is -2.44. The lowest BCUT2D eigenvalue weighted by molar-refractivity contribution is -0.123. The maximum atomic E-state index is 11.9. The summed E-state index contributed by atoms with van der Waals surface area (Å²) in [6.45, 7) is 9.85. The van der Waals surface area contributed by atoms with Crippen molar-refractivity contribution >= 4 is 17.4 Å². The zero-order valence-electron chi connectivity index (χ0n) is 12.8. The molecule has 0 unspecified atom stereocenters. The average Bonchev–Trinajstić information content (AvgIpc) is 2.39. The SMILES string of the molecule is CN1CCN(c2ccc(NC(=O)C(C)(C)C)nc2)CC1. The Morgan fingerprint density at radius 3 is 2.35 bits per heavy atom. The Labute approximate surface area is 121 Å². The van der Waals surface area contributed by atoms with Gasteiger partial charge in [0.05, 0.1) is 11.9 Å². The first kappa shape index (κ1) is 14.8. The molecule has 1 amide bonds. The van der Waals surface area contributed by atoms with Gasteiger partial charge in [0.1, 0.15) is 5.82 Å². The zero-order chi connectivity index (χ0) is 14.8. The van der Waals surface area contributed by atoms with Gasteiger partial charge in [-0.15, -0.1) is 0 Å². The second-order valence-electron chi connectivity index (χ2n) is 6.40. The number of rotatable bonds is 2. The van der Waals surface area contributed by atoms with Crippen molar-refractivity contribution in [2.24, 2.45) is 5.41 Å². The van der Waals surface area contributed by atoms with Crippen LogP contribution < -0.4 is 10.2 Å². The van der Waals surface area contributed by atoms with Gasteiger partial charge in [0.2, 0.25) is 5.91 Å². The van der Waals surface area contributed by atoms with Gasteiger partial charge in [-0.25, -0.2) is 4.98 Å². The normalized spacial score (nSPS) is 17.1. The minimum atomic E-state index is -0.405. The molecule has 2 heterocycles. The van der Waals surface area contributed by atoms with E-state index in [9.17, 15) is 4.79 Å². The third kappa shape index (κ3) is 3.70. The van der Waals surface area contributed by atoms with Crippen LogP contribution in [0.1, 0.15) is 20.8 Å². The maximum Gasteiger partial charge on any atom is 0.230 e. The molecule has 1 aliphatic rings. The number of piperazine rings is 1. The molecule has 0 spiro atoms. The molecule has 0 atom stereocenters. The van der Waals surface area contributed by atoms with Crippen LogP contribution in [0.2, 0.25) is 0 Å². The highest BCUT2D eigenvalue weighted by molar-refractivity contribution is 5.93. The molecule has 1 aromatic heterocycles. The van der Waals surface area contributed by atoms with Crippen LogP contribution in [-0.4, -0.2) is 49.0 Å². The smallest absolute Gasteiger partial charge is 0.230 e. The maximum absolute atomic E-state index is 11.9. The summed E-state index contributed by atoms with van der Waals surface area (Å²) in [4.78, 5) is 20.9. The zero-order valence-corrected chi connectivity index (χ0v) is 12.8. The van der Waals surface area contributed by atoms with Crippen LogP contribution in [0.15, 0.2) is 18.3 Å². The van der Waals surface area contributed by atoms with E-state index in [0.717, 1.165) is 31.9 Å². The van der Waals surface area contributed by atoms with E-state index in [-0.39, 0.29) is 5.91 Å². The van der Waals surface area contributed by atoms with E-state index in [1.807, 2.05) is 39.1 Å². The number of pyridine rings is 1. The highest BCUT2D eigenvalue weighted by Gasteiger charge is 2.21. The van der Waals surface area contributed by atoms with Gasteiger partial charge < -0.3 is 15.1 Å². The molecule has 2 rings (SSSR count). The molecule has 1 aromatic rings. The Morgan fingerprint density at radius 1 is 1.20 bits per heavy atom. The third-order valence-electron chi connectivity index (χ3n) is 3.54.